The molecule has 0 atom stereocenters. The van der Waals surface area contributed by atoms with Crippen LogP contribution in [0.15, 0.2) is 73.3 Å². The Morgan fingerprint density at radius 3 is 1.63 bits per heavy atom. The van der Waals surface area contributed by atoms with Crippen LogP contribution in [0.25, 0.3) is 5.69 Å². The molecule has 13 nitrogen and oxygen atoms in total. The van der Waals surface area contributed by atoms with Crippen molar-refractivity contribution in [1.29, 1.82) is 0 Å². The molecule has 0 spiro atoms. The molecule has 165 valence electrons. The van der Waals surface area contributed by atoms with Crippen LogP contribution in [0.2, 0.25) is 0 Å². The summed E-state index contributed by atoms with van der Waals surface area (Å²) in [6, 6.07) is 8.16. The number of azo groups is 1. The summed E-state index contributed by atoms with van der Waals surface area (Å²) in [6.45, 7) is 0. The van der Waals surface area contributed by atoms with Crippen molar-refractivity contribution in [1.82, 2.24) is 9.78 Å². The van der Waals surface area contributed by atoms with Gasteiger partial charge in [0.1, 0.15) is 25.9 Å². The van der Waals surface area contributed by atoms with Crippen LogP contribution >= 0.6 is 0 Å². The van der Waals surface area contributed by atoms with Gasteiger partial charge < -0.3 is 19.0 Å². The van der Waals surface area contributed by atoms with Gasteiger partial charge in [0.25, 0.3) is 5.56 Å². The van der Waals surface area contributed by atoms with Crippen LogP contribution in [0.5, 0.6) is 0 Å². The molecule has 0 saturated carbocycles. The first-order chi connectivity index (χ1) is 14.4. The summed E-state index contributed by atoms with van der Waals surface area (Å²) < 4.78 is 66.5. The summed E-state index contributed by atoms with van der Waals surface area (Å²) in [5, 5.41) is 20.8. The summed E-state index contributed by atoms with van der Waals surface area (Å²) in [5.74, 6) is -1.80. The van der Waals surface area contributed by atoms with E-state index in [4.69, 9.17) is 0 Å². The van der Waals surface area contributed by atoms with E-state index in [-0.39, 0.29) is 117 Å². The Bertz CT molecular complexity index is 1470. The van der Waals surface area contributed by atoms with Crippen molar-refractivity contribution >= 4 is 54.9 Å². The summed E-state index contributed by atoms with van der Waals surface area (Å²) in [7, 11) is -9.40. The third-order valence-corrected chi connectivity index (χ3v) is 5.54. The van der Waals surface area contributed by atoms with Crippen molar-refractivity contribution in [2.45, 2.75) is 9.79 Å². The number of hydrogen-bond donors (Lipinski definition) is 1. The summed E-state index contributed by atoms with van der Waals surface area (Å²) in [4.78, 5) is 22.8. The van der Waals surface area contributed by atoms with Gasteiger partial charge in [0, 0.05) is 17.4 Å². The number of carbonyl (C=O) groups is 1. The number of aromatic nitrogens is 2. The van der Waals surface area contributed by atoms with Gasteiger partial charge >= 0.3 is 88.7 Å². The molecule has 3 aromatic rings. The average molecular weight is 561 g/mol. The Morgan fingerprint density at radius 2 is 1.23 bits per heavy atom. The van der Waals surface area contributed by atoms with Gasteiger partial charge in [-0.25, -0.2) is 21.5 Å². The summed E-state index contributed by atoms with van der Waals surface area (Å²) >= 11 is 0. The van der Waals surface area contributed by atoms with E-state index in [1.54, 1.807) is 0 Å². The average Bonchev–Trinajstić information content (AvgIpc) is 3.02. The molecule has 1 N–H and O–H groups in total. The predicted octanol–water partition coefficient (Wildman–Crippen LogP) is -9.62. The van der Waals surface area contributed by atoms with Crippen molar-refractivity contribution in [3.63, 3.8) is 0 Å². The van der Waals surface area contributed by atoms with Crippen LogP contribution in [0.3, 0.4) is 0 Å². The standard InChI is InChI=1S/C16H12N4O9S2.Al.3Na/c21-15-13(18-17-9-1-5-11(6-2-9)30(24,25)26)14(16(22)23)19-20(15)10-3-7-12(8-4-10)31(27,28)29;;;;/h1-8,19H,(H,22,23)(H,24,25,26)(H,27,28,29);;;;/q;;3*+1/p-3. The second-order valence-electron chi connectivity index (χ2n) is 5.86. The van der Waals surface area contributed by atoms with Crippen molar-refractivity contribution < 1.29 is 125 Å². The first-order valence-electron chi connectivity index (χ1n) is 7.98. The fourth-order valence-corrected chi connectivity index (χ4v) is 3.33. The molecule has 0 aliphatic rings. The molecule has 19 heteroatoms. The zero-order valence-corrected chi connectivity index (χ0v) is 27.3. The summed E-state index contributed by atoms with van der Waals surface area (Å²) in [5.41, 5.74) is -2.39. The molecule has 0 aliphatic heterocycles. The Morgan fingerprint density at radius 1 is 0.800 bits per heavy atom. The van der Waals surface area contributed by atoms with Gasteiger partial charge in [0.15, 0.2) is 5.69 Å². The molecule has 0 amide bonds. The maximum Gasteiger partial charge on any atom is 1.00 e. The minimum absolute atomic E-state index is 0. The molecular formula is C16H9AlN4Na3O9S2. The van der Waals surface area contributed by atoms with E-state index in [9.17, 15) is 40.6 Å². The zero-order chi connectivity index (χ0) is 23.0. The SMILES string of the molecule is O=C([O-])c1[nH]n(-c2ccc(S(=O)(=O)[O-])cc2)c(=O)c1N=Nc1ccc(S(=O)(=O)[O-])cc1.[Al].[Na+].[Na+].[Na+]. The molecule has 0 bridgehead atoms. The van der Waals surface area contributed by atoms with Crippen LogP contribution in [0.1, 0.15) is 10.5 Å². The van der Waals surface area contributed by atoms with E-state index in [1.807, 2.05) is 0 Å². The fourth-order valence-electron chi connectivity index (χ4n) is 2.39. The van der Waals surface area contributed by atoms with Gasteiger partial charge in [-0.15, -0.1) is 5.11 Å². The number of hydrogen-bond acceptors (Lipinski definition) is 11. The largest absolute Gasteiger partial charge is 1.00 e. The molecule has 1 aromatic heterocycles. The van der Waals surface area contributed by atoms with E-state index in [0.717, 1.165) is 48.5 Å². The number of aromatic carboxylic acids is 1. The first-order valence-corrected chi connectivity index (χ1v) is 10.8. The number of nitrogens with zero attached hydrogens (tertiary/aromatic N) is 3. The minimum Gasteiger partial charge on any atom is -0.744 e. The Balaban J connectivity index is 0. The minimum atomic E-state index is -4.72. The monoisotopic (exact) mass is 561 g/mol. The second kappa shape index (κ2) is 14.7. The van der Waals surface area contributed by atoms with Gasteiger partial charge in [0.2, 0.25) is 0 Å². The molecule has 0 unspecified atom stereocenters. The van der Waals surface area contributed by atoms with E-state index in [1.165, 1.54) is 0 Å². The number of aromatic amines is 1. The number of carbonyl (C=O) groups excluding carboxylic acids is 1. The Hall–Kier alpha value is -0.128. The second-order valence-corrected chi connectivity index (χ2v) is 8.62. The molecule has 0 saturated heterocycles. The van der Waals surface area contributed by atoms with Gasteiger partial charge in [-0.1, -0.05) is 0 Å². The van der Waals surface area contributed by atoms with E-state index < -0.39 is 52.9 Å². The van der Waals surface area contributed by atoms with Crippen molar-refractivity contribution in [3.8, 4) is 5.69 Å². The quantitative estimate of drug-likeness (QED) is 0.171. The number of nitrogens with one attached hydrogen (secondary N) is 1. The Kier molecular flexibility index (Phi) is 15.6. The van der Waals surface area contributed by atoms with Crippen LogP contribution in [-0.2, 0) is 20.2 Å². The number of H-pyrrole nitrogens is 1. The van der Waals surface area contributed by atoms with Gasteiger partial charge in [-0.2, -0.15) is 5.11 Å². The van der Waals surface area contributed by atoms with E-state index in [0.29, 0.717) is 4.68 Å². The van der Waals surface area contributed by atoms with Crippen LogP contribution in [-0.4, -0.2) is 59.1 Å². The molecule has 3 radical (unpaired) electrons. The van der Waals surface area contributed by atoms with E-state index in [2.05, 4.69) is 15.3 Å². The smallest absolute Gasteiger partial charge is 0.744 e. The molecule has 0 fully saturated rings. The van der Waals surface area contributed by atoms with Gasteiger partial charge in [0.05, 0.1) is 27.1 Å². The van der Waals surface area contributed by atoms with Gasteiger partial charge in [-0.05, 0) is 48.5 Å². The predicted molar refractivity (Wildman–Crippen MR) is 103 cm³/mol. The fraction of sp³-hybridized carbons (Fsp3) is 0. The number of carboxylic acids is 1. The molecule has 0 aliphatic carbocycles. The number of carboxylic acid groups (broad SMARTS) is 1. The Labute approximate surface area is 275 Å². The van der Waals surface area contributed by atoms with Crippen molar-refractivity contribution in [2.24, 2.45) is 10.2 Å². The zero-order valence-electron chi connectivity index (χ0n) is 18.5. The van der Waals surface area contributed by atoms with Crippen LogP contribution in [0.4, 0.5) is 11.4 Å². The number of rotatable bonds is 6. The van der Waals surface area contributed by atoms with E-state index >= 15 is 0 Å². The van der Waals surface area contributed by atoms with Crippen LogP contribution in [0, 0.1) is 0 Å². The van der Waals surface area contributed by atoms with Crippen molar-refractivity contribution in [2.75, 3.05) is 0 Å². The van der Waals surface area contributed by atoms with Gasteiger partial charge in [-0.3, -0.25) is 9.89 Å². The maximum atomic E-state index is 12.6. The third kappa shape index (κ3) is 9.29. The number of benzene rings is 2. The topological polar surface area (TPSA) is 217 Å². The van der Waals surface area contributed by atoms with Crippen LogP contribution < -0.4 is 99.3 Å². The first kappa shape index (κ1) is 37.0. The summed E-state index contributed by atoms with van der Waals surface area (Å²) in [6.07, 6.45) is 0. The maximum absolute atomic E-state index is 12.6. The molecule has 2 aromatic carbocycles. The molecular weight excluding hydrogens is 552 g/mol. The third-order valence-electron chi connectivity index (χ3n) is 3.84. The normalized spacial score (nSPS) is 10.9. The molecule has 1 heterocycles. The molecule has 35 heavy (non-hydrogen) atoms. The van der Waals surface area contributed by atoms with Crippen molar-refractivity contribution in [3.05, 3.63) is 64.6 Å². The molecule has 3 rings (SSSR count).